The zero-order valence-electron chi connectivity index (χ0n) is 5.78. The van der Waals surface area contributed by atoms with Crippen molar-refractivity contribution in [2.24, 2.45) is 0 Å². The van der Waals surface area contributed by atoms with E-state index in [1.807, 2.05) is 0 Å². The summed E-state index contributed by atoms with van der Waals surface area (Å²) in [5.74, 6) is -0.104. The third-order valence-corrected chi connectivity index (χ3v) is 1.07. The number of phenolic OH excluding ortho intramolecular Hbond substituents is 1. The molecule has 0 aliphatic carbocycles. The fraction of sp³-hybridized carbons (Fsp3) is 0. The molecule has 1 rings (SSSR count). The normalized spacial score (nSPS) is 9.18. The quantitative estimate of drug-likeness (QED) is 0.483. The Labute approximate surface area is 64.2 Å². The maximum atomic E-state index is 10.3. The third kappa shape index (κ3) is 2.29. The molecule has 0 spiro atoms. The lowest BCUT2D eigenvalue weighted by Crippen LogP contribution is -2.00. The Bertz CT molecular complexity index is 251. The second-order valence-corrected chi connectivity index (χ2v) is 1.97. The summed E-state index contributed by atoms with van der Waals surface area (Å²) in [7, 11) is 0. The van der Waals surface area contributed by atoms with Crippen molar-refractivity contribution in [3.63, 3.8) is 0 Å². The van der Waals surface area contributed by atoms with Gasteiger partial charge < -0.3 is 9.84 Å². The van der Waals surface area contributed by atoms with Crippen LogP contribution in [-0.2, 0) is 4.79 Å². The molecule has 3 nitrogen and oxygen atoms in total. The van der Waals surface area contributed by atoms with Crippen molar-refractivity contribution < 1.29 is 14.6 Å². The van der Waals surface area contributed by atoms with Gasteiger partial charge >= 0.3 is 5.97 Å². The van der Waals surface area contributed by atoms with Crippen molar-refractivity contribution in [2.75, 3.05) is 0 Å². The SMILES string of the molecule is [CH2]C(=O)Oc1ccc(O)cc1. The van der Waals surface area contributed by atoms with Crippen LogP contribution in [-0.4, -0.2) is 11.1 Å². The van der Waals surface area contributed by atoms with E-state index in [1.165, 1.54) is 24.3 Å². The van der Waals surface area contributed by atoms with Gasteiger partial charge in [0.15, 0.2) is 0 Å². The lowest BCUT2D eigenvalue weighted by molar-refractivity contribution is -0.129. The first-order valence-electron chi connectivity index (χ1n) is 3.01. The predicted molar refractivity (Wildman–Crippen MR) is 39.1 cm³/mol. The second-order valence-electron chi connectivity index (χ2n) is 1.97. The number of carbonyl (C=O) groups excluding carboxylic acids is 1. The third-order valence-electron chi connectivity index (χ3n) is 1.07. The first-order chi connectivity index (χ1) is 5.18. The summed E-state index contributed by atoms with van der Waals surface area (Å²) < 4.78 is 4.61. The summed E-state index contributed by atoms with van der Waals surface area (Å²) in [6.07, 6.45) is 0. The first kappa shape index (κ1) is 7.60. The van der Waals surface area contributed by atoms with Gasteiger partial charge in [-0.05, 0) is 24.3 Å². The standard InChI is InChI=1S/C8H7O3/c1-6(9)11-8-4-2-7(10)3-5-8/h2-5,10H,1H2. The molecular weight excluding hydrogens is 144 g/mol. The van der Waals surface area contributed by atoms with Crippen molar-refractivity contribution in [3.05, 3.63) is 31.2 Å². The van der Waals surface area contributed by atoms with E-state index in [2.05, 4.69) is 11.7 Å². The molecule has 0 unspecified atom stereocenters. The summed E-state index contributed by atoms with van der Waals surface area (Å²) in [6.45, 7) is 3.03. The van der Waals surface area contributed by atoms with Gasteiger partial charge in [0.2, 0.25) is 0 Å². The molecule has 0 aliphatic rings. The van der Waals surface area contributed by atoms with Crippen LogP contribution in [0.4, 0.5) is 0 Å². The highest BCUT2D eigenvalue weighted by Crippen LogP contribution is 2.15. The predicted octanol–water partition coefficient (Wildman–Crippen LogP) is 1.13. The molecule has 0 aromatic heterocycles. The van der Waals surface area contributed by atoms with Crippen LogP contribution in [0.2, 0.25) is 0 Å². The lowest BCUT2D eigenvalue weighted by atomic mass is 10.3. The molecule has 1 radical (unpaired) electrons. The van der Waals surface area contributed by atoms with Crippen LogP contribution in [0.1, 0.15) is 0 Å². The summed E-state index contributed by atoms with van der Waals surface area (Å²) in [5.41, 5.74) is 0. The Morgan fingerprint density at radius 1 is 1.36 bits per heavy atom. The summed E-state index contributed by atoms with van der Waals surface area (Å²) in [4.78, 5) is 10.3. The van der Waals surface area contributed by atoms with E-state index in [0.29, 0.717) is 5.75 Å². The fourth-order valence-corrected chi connectivity index (χ4v) is 0.646. The number of rotatable bonds is 1. The molecule has 3 heteroatoms. The number of esters is 1. The zero-order chi connectivity index (χ0) is 8.27. The molecule has 0 saturated heterocycles. The molecule has 57 valence electrons. The van der Waals surface area contributed by atoms with Gasteiger partial charge in [0.25, 0.3) is 0 Å². The largest absolute Gasteiger partial charge is 0.508 e. The van der Waals surface area contributed by atoms with Crippen molar-refractivity contribution in [3.8, 4) is 11.5 Å². The van der Waals surface area contributed by atoms with Crippen molar-refractivity contribution in [1.82, 2.24) is 0 Å². The molecule has 1 N–H and O–H groups in total. The number of aromatic hydroxyl groups is 1. The number of phenols is 1. The highest BCUT2D eigenvalue weighted by atomic mass is 16.5. The maximum Gasteiger partial charge on any atom is 0.311 e. The summed E-state index contributed by atoms with van der Waals surface area (Å²) >= 11 is 0. The average Bonchev–Trinajstić information content (AvgIpc) is 1.93. The van der Waals surface area contributed by atoms with Crippen LogP contribution in [0.5, 0.6) is 11.5 Å². The highest BCUT2D eigenvalue weighted by molar-refractivity contribution is 5.76. The molecule has 1 aromatic rings. The minimum atomic E-state index is -0.615. The van der Waals surface area contributed by atoms with Crippen LogP contribution in [0.25, 0.3) is 0 Å². The molecule has 0 fully saturated rings. The van der Waals surface area contributed by atoms with Crippen molar-refractivity contribution in [1.29, 1.82) is 0 Å². The Hall–Kier alpha value is -1.51. The zero-order valence-corrected chi connectivity index (χ0v) is 5.78. The van der Waals surface area contributed by atoms with E-state index >= 15 is 0 Å². The van der Waals surface area contributed by atoms with Gasteiger partial charge in [-0.2, -0.15) is 0 Å². The first-order valence-corrected chi connectivity index (χ1v) is 3.01. The van der Waals surface area contributed by atoms with Gasteiger partial charge in [-0.25, -0.2) is 0 Å². The molecule has 0 heterocycles. The monoisotopic (exact) mass is 151 g/mol. The van der Waals surface area contributed by atoms with Gasteiger partial charge in [0.05, 0.1) is 6.92 Å². The van der Waals surface area contributed by atoms with E-state index in [4.69, 9.17) is 5.11 Å². The molecular formula is C8H7O3. The molecule has 0 bridgehead atoms. The van der Waals surface area contributed by atoms with Gasteiger partial charge in [0.1, 0.15) is 11.5 Å². The van der Waals surface area contributed by atoms with E-state index in [0.717, 1.165) is 0 Å². The number of ether oxygens (including phenoxy) is 1. The van der Waals surface area contributed by atoms with Gasteiger partial charge in [-0.1, -0.05) is 0 Å². The smallest absolute Gasteiger partial charge is 0.311 e. The van der Waals surface area contributed by atoms with Crippen LogP contribution in [0, 0.1) is 6.92 Å². The number of benzene rings is 1. The highest BCUT2D eigenvalue weighted by Gasteiger charge is 1.96. The molecule has 1 aromatic carbocycles. The van der Waals surface area contributed by atoms with Crippen molar-refractivity contribution >= 4 is 5.97 Å². The number of carbonyl (C=O) groups is 1. The maximum absolute atomic E-state index is 10.3. The summed E-state index contributed by atoms with van der Waals surface area (Å²) in [5, 5.41) is 8.83. The Morgan fingerprint density at radius 2 is 1.91 bits per heavy atom. The minimum Gasteiger partial charge on any atom is -0.508 e. The van der Waals surface area contributed by atoms with E-state index in [9.17, 15) is 4.79 Å². The Balaban J connectivity index is 2.74. The molecule has 0 atom stereocenters. The van der Waals surface area contributed by atoms with Gasteiger partial charge in [-0.15, -0.1) is 0 Å². The van der Waals surface area contributed by atoms with Crippen molar-refractivity contribution in [2.45, 2.75) is 0 Å². The lowest BCUT2D eigenvalue weighted by Gasteiger charge is -1.98. The van der Waals surface area contributed by atoms with Crippen LogP contribution in [0.3, 0.4) is 0 Å². The van der Waals surface area contributed by atoms with Crippen LogP contribution < -0.4 is 4.74 Å². The van der Waals surface area contributed by atoms with E-state index in [1.54, 1.807) is 0 Å². The fourth-order valence-electron chi connectivity index (χ4n) is 0.646. The minimum absolute atomic E-state index is 0.133. The molecule has 11 heavy (non-hydrogen) atoms. The van der Waals surface area contributed by atoms with E-state index < -0.39 is 5.97 Å². The topological polar surface area (TPSA) is 46.5 Å². The van der Waals surface area contributed by atoms with E-state index in [-0.39, 0.29) is 5.75 Å². The average molecular weight is 151 g/mol. The second kappa shape index (κ2) is 3.05. The van der Waals surface area contributed by atoms with Crippen LogP contribution in [0.15, 0.2) is 24.3 Å². The number of hydrogen-bond acceptors (Lipinski definition) is 3. The van der Waals surface area contributed by atoms with Gasteiger partial charge in [0, 0.05) is 0 Å². The molecule has 0 aliphatic heterocycles. The molecule has 0 saturated carbocycles. The Morgan fingerprint density at radius 3 is 2.36 bits per heavy atom. The van der Waals surface area contributed by atoms with Crippen LogP contribution >= 0.6 is 0 Å². The number of hydrogen-bond donors (Lipinski definition) is 1. The molecule has 0 amide bonds. The Kier molecular flexibility index (Phi) is 2.11. The summed E-state index contributed by atoms with van der Waals surface area (Å²) in [6, 6.07) is 5.83. The van der Waals surface area contributed by atoms with Gasteiger partial charge in [-0.3, -0.25) is 4.79 Å².